The second-order valence-electron chi connectivity index (χ2n) is 2.40. The number of carboxylic acid groups (broad SMARTS) is 1. The Hall–Kier alpha value is -1.47. The van der Waals surface area contributed by atoms with Crippen LogP contribution in [-0.2, 0) is 0 Å². The van der Waals surface area contributed by atoms with Gasteiger partial charge in [0.1, 0.15) is 10.0 Å². The molecule has 14 heavy (non-hydrogen) atoms. The van der Waals surface area contributed by atoms with Crippen molar-refractivity contribution < 1.29 is 9.90 Å². The zero-order valence-corrected chi connectivity index (χ0v) is 8.43. The number of hydrogen-bond acceptors (Lipinski definition) is 6. The van der Waals surface area contributed by atoms with Crippen LogP contribution in [0.4, 0.5) is 5.00 Å². The highest BCUT2D eigenvalue weighted by atomic mass is 32.1. The molecule has 0 fully saturated rings. The topological polar surface area (TPSA) is 89.1 Å². The minimum Gasteiger partial charge on any atom is -0.476 e. The van der Waals surface area contributed by atoms with Crippen molar-refractivity contribution in [3.8, 4) is 9.88 Å². The molecule has 0 radical (unpaired) electrons. The largest absolute Gasteiger partial charge is 0.476 e. The lowest BCUT2D eigenvalue weighted by molar-refractivity contribution is 0.0692. The molecule has 0 aromatic carbocycles. The number of aromatic nitrogens is 2. The number of carbonyl (C=O) groups is 1. The van der Waals surface area contributed by atoms with Crippen molar-refractivity contribution >= 4 is 33.6 Å². The summed E-state index contributed by atoms with van der Waals surface area (Å²) in [5.41, 5.74) is 7.08. The van der Waals surface area contributed by atoms with Gasteiger partial charge in [-0.15, -0.1) is 11.3 Å². The molecule has 0 bridgehead atoms. The summed E-state index contributed by atoms with van der Waals surface area (Å²) in [5.74, 6) is -1.10. The molecule has 0 amide bonds. The number of rotatable bonds is 2. The standard InChI is InChI=1S/C7H5N3O2S2/c8-5-4(7(11)12)10-6(14-5)3-1-9-2-13-3/h1-2H,8H2,(H,11,12). The Morgan fingerprint density at radius 1 is 1.57 bits per heavy atom. The van der Waals surface area contributed by atoms with E-state index in [0.29, 0.717) is 5.01 Å². The normalized spacial score (nSPS) is 10.3. The fourth-order valence-electron chi connectivity index (χ4n) is 0.912. The van der Waals surface area contributed by atoms with Crippen molar-refractivity contribution in [1.29, 1.82) is 0 Å². The fraction of sp³-hybridized carbons (Fsp3) is 0. The first-order chi connectivity index (χ1) is 6.68. The van der Waals surface area contributed by atoms with E-state index in [0.717, 1.165) is 16.2 Å². The molecule has 3 N–H and O–H groups in total. The van der Waals surface area contributed by atoms with Crippen LogP contribution in [0.3, 0.4) is 0 Å². The predicted molar refractivity (Wildman–Crippen MR) is 54.6 cm³/mol. The summed E-state index contributed by atoms with van der Waals surface area (Å²) >= 11 is 2.55. The Morgan fingerprint density at radius 3 is 2.86 bits per heavy atom. The Morgan fingerprint density at radius 2 is 2.36 bits per heavy atom. The van der Waals surface area contributed by atoms with Crippen LogP contribution in [0.1, 0.15) is 10.5 Å². The summed E-state index contributed by atoms with van der Waals surface area (Å²) in [5, 5.41) is 9.55. The lowest BCUT2D eigenvalue weighted by atomic mass is 10.4. The third-order valence-corrected chi connectivity index (χ3v) is 3.33. The minimum absolute atomic E-state index is 0.0848. The Bertz CT molecular complexity index is 463. The monoisotopic (exact) mass is 227 g/mol. The maximum Gasteiger partial charge on any atom is 0.357 e. The van der Waals surface area contributed by atoms with Crippen LogP contribution in [0, 0.1) is 0 Å². The van der Waals surface area contributed by atoms with Gasteiger partial charge in [-0.05, 0) is 0 Å². The lowest BCUT2D eigenvalue weighted by Gasteiger charge is -1.85. The van der Waals surface area contributed by atoms with Crippen LogP contribution in [-0.4, -0.2) is 21.0 Å². The van der Waals surface area contributed by atoms with Crippen LogP contribution >= 0.6 is 22.7 Å². The summed E-state index contributed by atoms with van der Waals surface area (Å²) in [6, 6.07) is 0. The minimum atomic E-state index is -1.10. The zero-order chi connectivity index (χ0) is 10.1. The highest BCUT2D eigenvalue weighted by Gasteiger charge is 2.16. The van der Waals surface area contributed by atoms with E-state index in [1.165, 1.54) is 11.3 Å². The maximum absolute atomic E-state index is 10.7. The molecule has 0 unspecified atom stereocenters. The molecule has 0 saturated heterocycles. The first kappa shape index (κ1) is 9.10. The molecule has 0 saturated carbocycles. The molecule has 0 aliphatic heterocycles. The highest BCUT2D eigenvalue weighted by molar-refractivity contribution is 7.23. The van der Waals surface area contributed by atoms with Crippen LogP contribution < -0.4 is 5.73 Å². The van der Waals surface area contributed by atoms with E-state index in [9.17, 15) is 4.79 Å². The van der Waals surface area contributed by atoms with E-state index in [1.807, 2.05) is 0 Å². The van der Waals surface area contributed by atoms with Gasteiger partial charge in [0.2, 0.25) is 0 Å². The maximum atomic E-state index is 10.7. The number of carboxylic acids is 1. The molecule has 2 heterocycles. The molecule has 0 atom stereocenters. The van der Waals surface area contributed by atoms with Gasteiger partial charge in [0.05, 0.1) is 10.4 Å². The molecule has 5 nitrogen and oxygen atoms in total. The number of aromatic carboxylic acids is 1. The molecule has 2 rings (SSSR count). The number of nitrogens with zero attached hydrogens (tertiary/aromatic N) is 2. The number of thiazole rings is 2. The van der Waals surface area contributed by atoms with Crippen molar-refractivity contribution in [3.05, 3.63) is 17.4 Å². The number of nitrogens with two attached hydrogens (primary N) is 1. The first-order valence-corrected chi connectivity index (χ1v) is 5.26. The third kappa shape index (κ3) is 1.47. The van der Waals surface area contributed by atoms with Crippen molar-refractivity contribution in [2.24, 2.45) is 0 Å². The molecule has 0 spiro atoms. The summed E-state index contributed by atoms with van der Waals surface area (Å²) in [6.45, 7) is 0. The number of anilines is 1. The van der Waals surface area contributed by atoms with Crippen LogP contribution in [0.15, 0.2) is 11.7 Å². The molecule has 0 aliphatic rings. The summed E-state index contributed by atoms with van der Waals surface area (Å²) in [6.07, 6.45) is 1.63. The fourth-order valence-corrected chi connectivity index (χ4v) is 2.41. The van der Waals surface area contributed by atoms with E-state index in [-0.39, 0.29) is 10.7 Å². The van der Waals surface area contributed by atoms with Crippen molar-refractivity contribution in [2.75, 3.05) is 5.73 Å². The van der Waals surface area contributed by atoms with E-state index in [2.05, 4.69) is 9.97 Å². The van der Waals surface area contributed by atoms with Gasteiger partial charge >= 0.3 is 5.97 Å². The van der Waals surface area contributed by atoms with Gasteiger partial charge in [-0.3, -0.25) is 4.98 Å². The van der Waals surface area contributed by atoms with Crippen LogP contribution in [0.25, 0.3) is 9.88 Å². The Balaban J connectivity index is 2.48. The molecule has 0 aliphatic carbocycles. The summed E-state index contributed by atoms with van der Waals surface area (Å²) in [4.78, 5) is 19.3. The van der Waals surface area contributed by atoms with Crippen molar-refractivity contribution in [2.45, 2.75) is 0 Å². The van der Waals surface area contributed by atoms with Gasteiger partial charge in [-0.1, -0.05) is 11.3 Å². The van der Waals surface area contributed by atoms with E-state index >= 15 is 0 Å². The van der Waals surface area contributed by atoms with Gasteiger partial charge in [0.15, 0.2) is 5.69 Å². The zero-order valence-electron chi connectivity index (χ0n) is 6.80. The quantitative estimate of drug-likeness (QED) is 0.812. The van der Waals surface area contributed by atoms with Gasteiger partial charge in [-0.25, -0.2) is 9.78 Å². The second-order valence-corrected chi connectivity index (χ2v) is 4.32. The average molecular weight is 227 g/mol. The van der Waals surface area contributed by atoms with Gasteiger partial charge in [-0.2, -0.15) is 0 Å². The molecule has 2 aromatic rings. The Labute approximate surface area is 86.9 Å². The van der Waals surface area contributed by atoms with E-state index in [1.54, 1.807) is 11.7 Å². The molecule has 7 heteroatoms. The summed E-state index contributed by atoms with van der Waals surface area (Å²) < 4.78 is 0. The Kier molecular flexibility index (Phi) is 2.18. The lowest BCUT2D eigenvalue weighted by Crippen LogP contribution is -2.00. The van der Waals surface area contributed by atoms with E-state index in [4.69, 9.17) is 10.8 Å². The third-order valence-electron chi connectivity index (χ3n) is 1.50. The van der Waals surface area contributed by atoms with Gasteiger partial charge < -0.3 is 10.8 Å². The first-order valence-electron chi connectivity index (χ1n) is 3.57. The molecule has 2 aromatic heterocycles. The second kappa shape index (κ2) is 3.35. The summed E-state index contributed by atoms with van der Waals surface area (Å²) in [7, 11) is 0. The van der Waals surface area contributed by atoms with Crippen LogP contribution in [0.2, 0.25) is 0 Å². The number of nitrogen functional groups attached to an aromatic ring is 1. The molecule has 72 valence electrons. The SMILES string of the molecule is Nc1sc(-c2cncs2)nc1C(=O)O. The van der Waals surface area contributed by atoms with Crippen LogP contribution in [0.5, 0.6) is 0 Å². The molecular formula is C7H5N3O2S2. The molecular weight excluding hydrogens is 222 g/mol. The van der Waals surface area contributed by atoms with E-state index < -0.39 is 5.97 Å². The average Bonchev–Trinajstić information content (AvgIpc) is 2.70. The number of hydrogen-bond donors (Lipinski definition) is 2. The predicted octanol–water partition coefficient (Wildman–Crippen LogP) is 1.55. The van der Waals surface area contributed by atoms with Gasteiger partial charge in [0.25, 0.3) is 0 Å². The van der Waals surface area contributed by atoms with Crippen molar-refractivity contribution in [1.82, 2.24) is 9.97 Å². The van der Waals surface area contributed by atoms with Crippen molar-refractivity contribution in [3.63, 3.8) is 0 Å². The smallest absolute Gasteiger partial charge is 0.357 e. The highest BCUT2D eigenvalue weighted by Crippen LogP contribution is 2.31. The van der Waals surface area contributed by atoms with Gasteiger partial charge in [0, 0.05) is 6.20 Å².